The van der Waals surface area contributed by atoms with Crippen LogP contribution in [0.5, 0.6) is 0 Å². The molecule has 3 aromatic rings. The van der Waals surface area contributed by atoms with Crippen LogP contribution in [0.2, 0.25) is 0 Å². The zero-order valence-corrected chi connectivity index (χ0v) is 19.0. The van der Waals surface area contributed by atoms with Gasteiger partial charge in [0, 0.05) is 48.8 Å². The Bertz CT molecular complexity index is 1140. The first-order chi connectivity index (χ1) is 15.6. The normalized spacial score (nSPS) is 20.5. The topological polar surface area (TPSA) is 53.5 Å². The second kappa shape index (κ2) is 8.30. The minimum atomic E-state index is -0.252. The van der Waals surface area contributed by atoms with Gasteiger partial charge in [0.25, 0.3) is 0 Å². The molecule has 0 radical (unpaired) electrons. The third-order valence-corrected chi connectivity index (χ3v) is 6.98. The molecular weight excluding hydrogens is 396 g/mol. The zero-order chi connectivity index (χ0) is 22.1. The van der Waals surface area contributed by atoms with Crippen molar-refractivity contribution in [3.05, 3.63) is 88.8 Å². The number of hydrogen-bond donors (Lipinski definition) is 1. The fourth-order valence-corrected chi connectivity index (χ4v) is 4.91. The highest BCUT2D eigenvalue weighted by Crippen LogP contribution is 2.43. The van der Waals surface area contributed by atoms with Crippen molar-refractivity contribution in [3.63, 3.8) is 0 Å². The van der Waals surface area contributed by atoms with Crippen LogP contribution in [0.4, 0.5) is 5.69 Å². The van der Waals surface area contributed by atoms with Gasteiger partial charge < -0.3 is 9.74 Å². The Balaban J connectivity index is 1.59. The lowest BCUT2D eigenvalue weighted by atomic mass is 9.68. The molecule has 0 aliphatic heterocycles. The first-order valence-electron chi connectivity index (χ1n) is 11.3. The molecule has 1 fully saturated rings. The maximum Gasteiger partial charge on any atom is 0.117 e. The molecule has 0 spiro atoms. The molecular formula is C27H30N4O. The smallest absolute Gasteiger partial charge is 0.117 e. The number of fused-ring (bicyclic) bond motifs is 1. The summed E-state index contributed by atoms with van der Waals surface area (Å²) in [6.45, 7) is 0. The van der Waals surface area contributed by atoms with Gasteiger partial charge in [0.05, 0.1) is 0 Å². The fourth-order valence-electron chi connectivity index (χ4n) is 4.91. The Morgan fingerprint density at radius 1 is 1.06 bits per heavy atom. The van der Waals surface area contributed by atoms with Gasteiger partial charge in [-0.05, 0) is 36.1 Å². The predicted molar refractivity (Wildman–Crippen MR) is 130 cm³/mol. The molecule has 0 amide bonds. The summed E-state index contributed by atoms with van der Waals surface area (Å²) in [5.74, 6) is 0.440. The van der Waals surface area contributed by atoms with Gasteiger partial charge in [0.15, 0.2) is 0 Å². The van der Waals surface area contributed by atoms with Crippen LogP contribution in [0.3, 0.4) is 0 Å². The van der Waals surface area contributed by atoms with Crippen LogP contribution < -0.4 is 4.90 Å². The number of allylic oxidation sites excluding steroid dienone is 1. The summed E-state index contributed by atoms with van der Waals surface area (Å²) in [7, 11) is 5.76. The van der Waals surface area contributed by atoms with E-state index in [4.69, 9.17) is 9.94 Å². The molecule has 32 heavy (non-hydrogen) atoms. The Labute approximate surface area is 189 Å². The molecule has 1 saturated carbocycles. The summed E-state index contributed by atoms with van der Waals surface area (Å²) < 4.78 is 0. The van der Waals surface area contributed by atoms with Gasteiger partial charge in [-0.15, -0.1) is 0 Å². The van der Waals surface area contributed by atoms with Crippen molar-refractivity contribution in [2.75, 3.05) is 26.1 Å². The van der Waals surface area contributed by atoms with E-state index in [1.807, 2.05) is 0 Å². The number of nitrogens with zero attached hydrogens (tertiary/aromatic N) is 3. The van der Waals surface area contributed by atoms with Crippen molar-refractivity contribution in [1.29, 1.82) is 0 Å². The first-order valence-corrected chi connectivity index (χ1v) is 11.3. The van der Waals surface area contributed by atoms with Crippen molar-refractivity contribution in [2.45, 2.75) is 31.1 Å². The van der Waals surface area contributed by atoms with E-state index in [1.54, 1.807) is 7.11 Å². The third kappa shape index (κ3) is 3.42. The van der Waals surface area contributed by atoms with Crippen LogP contribution >= 0.6 is 0 Å². The number of aromatic amines is 1. The van der Waals surface area contributed by atoms with Gasteiger partial charge in [-0.2, -0.15) is 5.10 Å². The fraction of sp³-hybridized carbons (Fsp3) is 0.333. The summed E-state index contributed by atoms with van der Waals surface area (Å²) in [5, 5.41) is 12.4. The van der Waals surface area contributed by atoms with Gasteiger partial charge in [-0.3, -0.25) is 5.10 Å². The lowest BCUT2D eigenvalue weighted by molar-refractivity contribution is 0.208. The molecule has 0 saturated heterocycles. The number of aromatic nitrogens is 2. The molecule has 2 aromatic carbocycles. The van der Waals surface area contributed by atoms with Crippen LogP contribution in [0.1, 0.15) is 47.3 Å². The third-order valence-electron chi connectivity index (χ3n) is 6.98. The van der Waals surface area contributed by atoms with Gasteiger partial charge in [0.2, 0.25) is 0 Å². The number of benzene rings is 2. The van der Waals surface area contributed by atoms with Crippen LogP contribution in [0, 0.1) is 5.92 Å². The van der Waals surface area contributed by atoms with E-state index in [0.29, 0.717) is 5.92 Å². The van der Waals surface area contributed by atoms with E-state index in [1.165, 1.54) is 23.2 Å². The standard InChI is InChI=1S/C27H30N4O/c1-31(2)22-14-12-21(13-15-22)27(20-10-5-4-6-11-20)17-16-23-24(18-27)28-29-26(23)25(30-32-3)19-8-7-9-19/h4-6,10-17,19H,7-9,18H2,1-3H3,(H,28,29)/b30-25+. The van der Waals surface area contributed by atoms with E-state index >= 15 is 0 Å². The number of anilines is 1. The van der Waals surface area contributed by atoms with Crippen molar-refractivity contribution in [1.82, 2.24) is 10.2 Å². The summed E-state index contributed by atoms with van der Waals surface area (Å²) in [6.07, 6.45) is 8.95. The molecule has 5 nitrogen and oxygen atoms in total. The van der Waals surface area contributed by atoms with Crippen molar-refractivity contribution in [2.24, 2.45) is 11.1 Å². The van der Waals surface area contributed by atoms with Gasteiger partial charge in [-0.25, -0.2) is 0 Å². The second-order valence-electron chi connectivity index (χ2n) is 9.04. The van der Waals surface area contributed by atoms with E-state index < -0.39 is 0 Å². The van der Waals surface area contributed by atoms with Crippen LogP contribution in [-0.2, 0) is 16.7 Å². The van der Waals surface area contributed by atoms with E-state index in [2.05, 4.69) is 96.0 Å². The molecule has 5 heteroatoms. The second-order valence-corrected chi connectivity index (χ2v) is 9.04. The SMILES string of the molecule is CO/N=C(/c1n[nH]c2c1C=CC(c1ccccc1)(c1ccc(N(C)C)cc1)C2)C1CCC1. The maximum absolute atomic E-state index is 5.19. The number of oxime groups is 1. The largest absolute Gasteiger partial charge is 0.399 e. The molecule has 0 bridgehead atoms. The number of nitrogens with one attached hydrogen (secondary N) is 1. The highest BCUT2D eigenvalue weighted by Gasteiger charge is 2.38. The summed E-state index contributed by atoms with van der Waals surface area (Å²) in [4.78, 5) is 7.32. The zero-order valence-electron chi connectivity index (χ0n) is 19.0. The molecule has 1 heterocycles. The molecule has 5 rings (SSSR count). The lowest BCUT2D eigenvalue weighted by Crippen LogP contribution is -2.31. The number of rotatable bonds is 6. The van der Waals surface area contributed by atoms with Crippen molar-refractivity contribution >= 4 is 17.5 Å². The molecule has 2 aliphatic carbocycles. The van der Waals surface area contributed by atoms with E-state index in [-0.39, 0.29) is 5.41 Å². The molecule has 164 valence electrons. The highest BCUT2D eigenvalue weighted by atomic mass is 16.6. The molecule has 1 atom stereocenters. The molecule has 1 N–H and O–H groups in total. The summed E-state index contributed by atoms with van der Waals surface area (Å²) in [6, 6.07) is 19.6. The van der Waals surface area contributed by atoms with Crippen LogP contribution in [0.25, 0.3) is 6.08 Å². The van der Waals surface area contributed by atoms with E-state index in [9.17, 15) is 0 Å². The number of H-pyrrole nitrogens is 1. The Kier molecular flexibility index (Phi) is 5.33. The summed E-state index contributed by atoms with van der Waals surface area (Å²) >= 11 is 0. The maximum atomic E-state index is 5.19. The van der Waals surface area contributed by atoms with Crippen molar-refractivity contribution < 1.29 is 4.84 Å². The Morgan fingerprint density at radius 3 is 2.41 bits per heavy atom. The average Bonchev–Trinajstić information content (AvgIpc) is 3.21. The minimum absolute atomic E-state index is 0.252. The monoisotopic (exact) mass is 426 g/mol. The van der Waals surface area contributed by atoms with Crippen LogP contribution in [-0.4, -0.2) is 37.1 Å². The Hall–Kier alpha value is -3.34. The molecule has 2 aliphatic rings. The Morgan fingerprint density at radius 2 is 1.78 bits per heavy atom. The average molecular weight is 427 g/mol. The minimum Gasteiger partial charge on any atom is -0.399 e. The predicted octanol–water partition coefficient (Wildman–Crippen LogP) is 5.18. The summed E-state index contributed by atoms with van der Waals surface area (Å²) in [5.41, 5.74) is 7.70. The van der Waals surface area contributed by atoms with Gasteiger partial charge in [0.1, 0.15) is 18.5 Å². The number of hydrogen-bond acceptors (Lipinski definition) is 4. The first kappa shape index (κ1) is 20.6. The van der Waals surface area contributed by atoms with Gasteiger partial charge >= 0.3 is 0 Å². The quantitative estimate of drug-likeness (QED) is 0.436. The highest BCUT2D eigenvalue weighted by molar-refractivity contribution is 6.04. The molecule has 1 unspecified atom stereocenters. The van der Waals surface area contributed by atoms with Crippen LogP contribution in [0.15, 0.2) is 65.8 Å². The van der Waals surface area contributed by atoms with Crippen molar-refractivity contribution in [3.8, 4) is 0 Å². The van der Waals surface area contributed by atoms with E-state index in [0.717, 1.165) is 41.9 Å². The molecule has 1 aromatic heterocycles. The van der Waals surface area contributed by atoms with Gasteiger partial charge in [-0.1, -0.05) is 66.2 Å². The lowest BCUT2D eigenvalue weighted by Gasteiger charge is -2.35.